The number of aromatic amines is 1. The Kier molecular flexibility index (Phi) is 4.22. The first-order chi connectivity index (χ1) is 15.2. The summed E-state index contributed by atoms with van der Waals surface area (Å²) in [5, 5.41) is 13.5. The lowest BCUT2D eigenvalue weighted by Gasteiger charge is -2.35. The van der Waals surface area contributed by atoms with Crippen molar-refractivity contribution in [3.8, 4) is 6.07 Å². The average molecular weight is 412 g/mol. The number of piperazine rings is 1. The van der Waals surface area contributed by atoms with Gasteiger partial charge in [-0.1, -0.05) is 12.1 Å². The standard InChI is InChI=1S/C24H24N6O/c25-10-16-4-6-22(27-11-16)30-14-17-9-18(30)13-29(17)12-15-3-5-19-21(8-15)28-24(31)20-2-1-7-26-23(19)20/h3-6,8,11,17-18,26H,1-2,7,9,12-14H2,(H,28,31)/t17-,18-/m0/s1. The van der Waals surface area contributed by atoms with E-state index in [-0.39, 0.29) is 5.56 Å². The Labute approximate surface area is 180 Å². The zero-order chi connectivity index (χ0) is 20.9. The fraction of sp³-hybridized carbons (Fsp3) is 0.375. The highest BCUT2D eigenvalue weighted by Gasteiger charge is 2.43. The summed E-state index contributed by atoms with van der Waals surface area (Å²) in [6.45, 7) is 3.78. The fourth-order valence-electron chi connectivity index (χ4n) is 5.48. The summed E-state index contributed by atoms with van der Waals surface area (Å²) >= 11 is 0. The number of hydrogen-bond acceptors (Lipinski definition) is 6. The van der Waals surface area contributed by atoms with E-state index in [9.17, 15) is 4.79 Å². The molecule has 2 bridgehead atoms. The van der Waals surface area contributed by atoms with Crippen LogP contribution in [0.25, 0.3) is 10.9 Å². The van der Waals surface area contributed by atoms with E-state index in [1.165, 1.54) is 5.56 Å². The monoisotopic (exact) mass is 412 g/mol. The molecular weight excluding hydrogens is 388 g/mol. The van der Waals surface area contributed by atoms with Gasteiger partial charge in [-0.15, -0.1) is 0 Å². The van der Waals surface area contributed by atoms with E-state index in [0.29, 0.717) is 17.6 Å². The molecule has 2 saturated heterocycles. The van der Waals surface area contributed by atoms with Crippen molar-refractivity contribution in [1.29, 1.82) is 5.26 Å². The van der Waals surface area contributed by atoms with Gasteiger partial charge in [0.25, 0.3) is 5.56 Å². The number of rotatable bonds is 3. The molecule has 0 unspecified atom stereocenters. The summed E-state index contributed by atoms with van der Waals surface area (Å²) < 4.78 is 0. The number of fused-ring (bicyclic) bond motifs is 5. The molecule has 2 N–H and O–H groups in total. The van der Waals surface area contributed by atoms with Crippen LogP contribution in [0.1, 0.15) is 29.5 Å². The maximum Gasteiger partial charge on any atom is 0.253 e. The van der Waals surface area contributed by atoms with E-state index in [4.69, 9.17) is 5.26 Å². The number of aromatic nitrogens is 2. The van der Waals surface area contributed by atoms with Crippen LogP contribution in [-0.2, 0) is 13.0 Å². The molecule has 1 aromatic carbocycles. The predicted molar refractivity (Wildman–Crippen MR) is 120 cm³/mol. The topological polar surface area (TPSA) is 88.0 Å². The number of hydrogen-bond donors (Lipinski definition) is 2. The van der Waals surface area contributed by atoms with E-state index >= 15 is 0 Å². The minimum atomic E-state index is 0.0395. The molecule has 31 heavy (non-hydrogen) atoms. The van der Waals surface area contributed by atoms with Gasteiger partial charge in [-0.05, 0) is 43.0 Å². The van der Waals surface area contributed by atoms with Gasteiger partial charge >= 0.3 is 0 Å². The summed E-state index contributed by atoms with van der Waals surface area (Å²) in [6.07, 6.45) is 4.65. The highest BCUT2D eigenvalue weighted by atomic mass is 16.1. The fourth-order valence-corrected chi connectivity index (χ4v) is 5.48. The number of benzene rings is 1. The maximum atomic E-state index is 12.5. The first kappa shape index (κ1) is 18.4. The van der Waals surface area contributed by atoms with Crippen molar-refractivity contribution in [2.45, 2.75) is 37.9 Å². The number of nitrogens with zero attached hydrogens (tertiary/aromatic N) is 4. The Balaban J connectivity index is 1.20. The third-order valence-corrected chi connectivity index (χ3v) is 6.99. The van der Waals surface area contributed by atoms with Crippen molar-refractivity contribution < 1.29 is 0 Å². The molecular formula is C24H24N6O. The molecule has 0 saturated carbocycles. The molecule has 7 heteroatoms. The van der Waals surface area contributed by atoms with Gasteiger partial charge in [0, 0.05) is 55.4 Å². The van der Waals surface area contributed by atoms with Crippen molar-refractivity contribution >= 4 is 22.4 Å². The normalized spacial score (nSPS) is 22.4. The van der Waals surface area contributed by atoms with Gasteiger partial charge in [0.1, 0.15) is 11.9 Å². The van der Waals surface area contributed by atoms with Gasteiger partial charge in [-0.25, -0.2) is 4.98 Å². The second-order valence-electron chi connectivity index (χ2n) is 8.86. The van der Waals surface area contributed by atoms with Crippen LogP contribution in [0.5, 0.6) is 0 Å². The Morgan fingerprint density at radius 3 is 2.90 bits per heavy atom. The van der Waals surface area contributed by atoms with E-state index in [2.05, 4.69) is 49.4 Å². The van der Waals surface area contributed by atoms with Gasteiger partial charge in [-0.2, -0.15) is 5.26 Å². The average Bonchev–Trinajstić information content (AvgIpc) is 3.40. The van der Waals surface area contributed by atoms with E-state index in [0.717, 1.165) is 73.4 Å². The number of nitrogens with one attached hydrogen (secondary N) is 2. The van der Waals surface area contributed by atoms with Crippen LogP contribution < -0.4 is 15.8 Å². The molecule has 0 radical (unpaired) electrons. The van der Waals surface area contributed by atoms with Crippen molar-refractivity contribution in [2.75, 3.05) is 29.9 Å². The largest absolute Gasteiger partial charge is 0.384 e. The summed E-state index contributed by atoms with van der Waals surface area (Å²) in [6, 6.07) is 13.4. The molecule has 0 amide bonds. The third-order valence-electron chi connectivity index (χ3n) is 6.99. The van der Waals surface area contributed by atoms with Gasteiger partial charge in [0.15, 0.2) is 0 Å². The highest BCUT2D eigenvalue weighted by Crippen LogP contribution is 2.35. The number of H-pyrrole nitrogens is 1. The minimum absolute atomic E-state index is 0.0395. The summed E-state index contributed by atoms with van der Waals surface area (Å²) in [4.78, 5) is 25.0. The Bertz CT molecular complexity index is 1260. The summed E-state index contributed by atoms with van der Waals surface area (Å²) in [7, 11) is 0. The lowest BCUT2D eigenvalue weighted by atomic mass is 10.0. The van der Waals surface area contributed by atoms with Crippen LogP contribution >= 0.6 is 0 Å². The zero-order valence-corrected chi connectivity index (χ0v) is 17.3. The smallest absolute Gasteiger partial charge is 0.253 e. The molecule has 3 aromatic rings. The van der Waals surface area contributed by atoms with Crippen LogP contribution in [0.3, 0.4) is 0 Å². The molecule has 156 valence electrons. The molecule has 7 nitrogen and oxygen atoms in total. The first-order valence-electron chi connectivity index (χ1n) is 11.0. The number of nitriles is 1. The lowest BCUT2D eigenvalue weighted by Crippen LogP contribution is -2.46. The molecule has 3 aliphatic heterocycles. The van der Waals surface area contributed by atoms with Crippen molar-refractivity contribution in [3.63, 3.8) is 0 Å². The summed E-state index contributed by atoms with van der Waals surface area (Å²) in [5.74, 6) is 0.965. The van der Waals surface area contributed by atoms with E-state index < -0.39 is 0 Å². The molecule has 2 atom stereocenters. The van der Waals surface area contributed by atoms with Crippen LogP contribution in [-0.4, -0.2) is 46.6 Å². The highest BCUT2D eigenvalue weighted by molar-refractivity contribution is 5.93. The van der Waals surface area contributed by atoms with E-state index in [1.54, 1.807) is 6.20 Å². The van der Waals surface area contributed by atoms with Crippen molar-refractivity contribution in [2.24, 2.45) is 0 Å². The second kappa shape index (κ2) is 7.10. The Morgan fingerprint density at radius 2 is 2.13 bits per heavy atom. The zero-order valence-electron chi connectivity index (χ0n) is 17.3. The molecule has 0 aliphatic carbocycles. The SMILES string of the molecule is N#Cc1ccc(N2C[C@@H]3C[C@H]2CN3Cc2ccc3c4c(c(=O)[nH]c3c2)CCCN4)nc1. The van der Waals surface area contributed by atoms with Gasteiger partial charge in [0.05, 0.1) is 16.8 Å². The Morgan fingerprint density at radius 1 is 1.19 bits per heavy atom. The maximum absolute atomic E-state index is 12.5. The van der Waals surface area contributed by atoms with Gasteiger partial charge in [-0.3, -0.25) is 9.69 Å². The predicted octanol–water partition coefficient (Wildman–Crippen LogP) is 2.62. The quantitative estimate of drug-likeness (QED) is 0.688. The molecule has 5 heterocycles. The van der Waals surface area contributed by atoms with Crippen LogP contribution in [0.4, 0.5) is 11.5 Å². The van der Waals surface area contributed by atoms with Gasteiger partial charge in [0.2, 0.25) is 0 Å². The minimum Gasteiger partial charge on any atom is -0.384 e. The molecule has 2 fully saturated rings. The molecule has 0 spiro atoms. The van der Waals surface area contributed by atoms with Crippen LogP contribution in [0.2, 0.25) is 0 Å². The Hall–Kier alpha value is -3.37. The molecule has 6 rings (SSSR count). The van der Waals surface area contributed by atoms with Crippen molar-refractivity contribution in [1.82, 2.24) is 14.9 Å². The molecule has 3 aliphatic rings. The van der Waals surface area contributed by atoms with Crippen LogP contribution in [0.15, 0.2) is 41.3 Å². The van der Waals surface area contributed by atoms with Gasteiger partial charge < -0.3 is 15.2 Å². The van der Waals surface area contributed by atoms with Crippen molar-refractivity contribution in [3.05, 3.63) is 63.6 Å². The third kappa shape index (κ3) is 3.06. The number of anilines is 2. The van der Waals surface area contributed by atoms with Crippen LogP contribution in [0, 0.1) is 11.3 Å². The lowest BCUT2D eigenvalue weighted by molar-refractivity contribution is 0.230. The summed E-state index contributed by atoms with van der Waals surface area (Å²) in [5.41, 5.74) is 4.69. The second-order valence-corrected chi connectivity index (χ2v) is 8.86. The number of likely N-dealkylation sites (tertiary alicyclic amines) is 1. The molecule has 2 aromatic heterocycles. The van der Waals surface area contributed by atoms with E-state index in [1.807, 2.05) is 12.1 Å². The first-order valence-corrected chi connectivity index (χ1v) is 11.0. The number of pyridine rings is 2.